The molecule has 2 amide bonds. The first kappa shape index (κ1) is 18.5. The SMILES string of the molecule is CC(C)(C)[Si](C)(C)OCCC1Oc2cc[c]c(C(N)=O)c2NC1=O. The fourth-order valence-corrected chi connectivity index (χ4v) is 3.20. The van der Waals surface area contributed by atoms with Gasteiger partial charge in [0.05, 0.1) is 11.3 Å². The number of hydrogen-bond acceptors (Lipinski definition) is 4. The Morgan fingerprint density at radius 1 is 1.46 bits per heavy atom. The molecular formula is C17H25N2O4Si. The standard InChI is InChI=1S/C17H25N2O4Si/c1-17(2,3)24(4,5)22-10-9-13-16(21)19-14-11(15(18)20)7-6-8-12(14)23-13/h6,8,13H,9-10H2,1-5H3,(H2,18,20)(H,19,21). The number of nitrogens with one attached hydrogen (secondary N) is 1. The van der Waals surface area contributed by atoms with Crippen LogP contribution >= 0.6 is 0 Å². The van der Waals surface area contributed by atoms with E-state index >= 15 is 0 Å². The summed E-state index contributed by atoms with van der Waals surface area (Å²) in [5.74, 6) is -0.529. The summed E-state index contributed by atoms with van der Waals surface area (Å²) in [7, 11) is -1.86. The zero-order valence-electron chi connectivity index (χ0n) is 14.9. The molecule has 0 aliphatic carbocycles. The first-order chi connectivity index (χ1) is 11.0. The second-order valence-corrected chi connectivity index (χ2v) is 12.3. The predicted molar refractivity (Wildman–Crippen MR) is 94.6 cm³/mol. The van der Waals surface area contributed by atoms with E-state index in [1.54, 1.807) is 12.1 Å². The highest BCUT2D eigenvalue weighted by Gasteiger charge is 2.38. The summed E-state index contributed by atoms with van der Waals surface area (Å²) < 4.78 is 11.8. The third kappa shape index (κ3) is 3.79. The lowest BCUT2D eigenvalue weighted by atomic mass is 10.1. The predicted octanol–water partition coefficient (Wildman–Crippen LogP) is 2.70. The monoisotopic (exact) mass is 349 g/mol. The fourth-order valence-electron chi connectivity index (χ4n) is 2.13. The Bertz CT molecular complexity index is 652. The number of benzene rings is 1. The van der Waals surface area contributed by atoms with Crippen molar-refractivity contribution in [3.8, 4) is 5.75 Å². The zero-order valence-corrected chi connectivity index (χ0v) is 15.9. The molecule has 1 aliphatic rings. The van der Waals surface area contributed by atoms with Crippen LogP contribution in [-0.2, 0) is 9.22 Å². The third-order valence-electron chi connectivity index (χ3n) is 4.66. The Balaban J connectivity index is 2.04. The lowest BCUT2D eigenvalue weighted by molar-refractivity contribution is -0.124. The average molecular weight is 349 g/mol. The van der Waals surface area contributed by atoms with Crippen molar-refractivity contribution in [3.63, 3.8) is 0 Å². The second-order valence-electron chi connectivity index (χ2n) is 7.45. The molecule has 1 aromatic rings. The minimum Gasteiger partial charge on any atom is -0.478 e. The molecule has 0 aromatic heterocycles. The van der Waals surface area contributed by atoms with Gasteiger partial charge in [0.15, 0.2) is 14.4 Å². The van der Waals surface area contributed by atoms with Gasteiger partial charge in [0, 0.05) is 13.0 Å². The molecule has 7 heteroatoms. The number of amides is 2. The molecular weight excluding hydrogens is 324 g/mol. The summed E-state index contributed by atoms with van der Waals surface area (Å²) in [6.45, 7) is 11.3. The van der Waals surface area contributed by atoms with Crippen LogP contribution in [0.5, 0.6) is 5.75 Å². The van der Waals surface area contributed by atoms with E-state index in [-0.39, 0.29) is 22.2 Å². The Morgan fingerprint density at radius 2 is 2.12 bits per heavy atom. The van der Waals surface area contributed by atoms with Gasteiger partial charge in [-0.2, -0.15) is 0 Å². The van der Waals surface area contributed by atoms with Gasteiger partial charge in [0.25, 0.3) is 11.8 Å². The van der Waals surface area contributed by atoms with Gasteiger partial charge in [-0.05, 0) is 36.3 Å². The molecule has 1 aliphatic heterocycles. The van der Waals surface area contributed by atoms with Gasteiger partial charge in [-0.1, -0.05) is 20.8 Å². The highest BCUT2D eigenvalue weighted by molar-refractivity contribution is 6.74. The van der Waals surface area contributed by atoms with Gasteiger partial charge in [-0.15, -0.1) is 0 Å². The molecule has 0 spiro atoms. The van der Waals surface area contributed by atoms with Crippen molar-refractivity contribution in [2.45, 2.75) is 51.4 Å². The van der Waals surface area contributed by atoms with E-state index in [1.165, 1.54) is 0 Å². The number of nitrogens with two attached hydrogens (primary N) is 1. The number of rotatable bonds is 5. The van der Waals surface area contributed by atoms with Crippen molar-refractivity contribution in [1.29, 1.82) is 0 Å². The third-order valence-corrected chi connectivity index (χ3v) is 9.20. The zero-order chi connectivity index (χ0) is 18.1. The molecule has 2 rings (SSSR count). The van der Waals surface area contributed by atoms with E-state index in [4.69, 9.17) is 14.9 Å². The highest BCUT2D eigenvalue weighted by Crippen LogP contribution is 2.37. The number of fused-ring (bicyclic) bond motifs is 1. The summed E-state index contributed by atoms with van der Waals surface area (Å²) in [4.78, 5) is 23.6. The summed E-state index contributed by atoms with van der Waals surface area (Å²) in [6.07, 6.45) is -0.201. The van der Waals surface area contributed by atoms with Gasteiger partial charge >= 0.3 is 0 Å². The number of carbonyl (C=O) groups is 2. The van der Waals surface area contributed by atoms with Crippen LogP contribution in [0.25, 0.3) is 0 Å². The maximum absolute atomic E-state index is 12.2. The largest absolute Gasteiger partial charge is 0.478 e. The van der Waals surface area contributed by atoms with E-state index in [1.807, 2.05) is 0 Å². The normalized spacial score (nSPS) is 17.7. The van der Waals surface area contributed by atoms with E-state index in [2.05, 4.69) is 45.2 Å². The Kier molecular flexibility index (Phi) is 5.05. The molecule has 131 valence electrons. The Morgan fingerprint density at radius 3 is 2.71 bits per heavy atom. The van der Waals surface area contributed by atoms with Gasteiger partial charge in [-0.3, -0.25) is 9.59 Å². The highest BCUT2D eigenvalue weighted by atomic mass is 28.4. The van der Waals surface area contributed by atoms with Crippen LogP contribution in [0.2, 0.25) is 18.1 Å². The molecule has 1 aromatic carbocycles. The molecule has 0 fully saturated rings. The molecule has 24 heavy (non-hydrogen) atoms. The first-order valence-electron chi connectivity index (χ1n) is 7.99. The molecule has 1 unspecified atom stereocenters. The molecule has 1 atom stereocenters. The fraction of sp³-hybridized carbons (Fsp3) is 0.529. The molecule has 1 radical (unpaired) electrons. The molecule has 3 N–H and O–H groups in total. The van der Waals surface area contributed by atoms with E-state index in [0.717, 1.165) is 0 Å². The quantitative estimate of drug-likeness (QED) is 0.800. The summed E-state index contributed by atoms with van der Waals surface area (Å²) >= 11 is 0. The number of hydrogen-bond donors (Lipinski definition) is 2. The van der Waals surface area contributed by atoms with Crippen LogP contribution in [0, 0.1) is 6.07 Å². The molecule has 1 heterocycles. The Labute approximate surface area is 143 Å². The van der Waals surface area contributed by atoms with Gasteiger partial charge in [0.2, 0.25) is 0 Å². The minimum atomic E-state index is -1.86. The van der Waals surface area contributed by atoms with E-state index < -0.39 is 20.3 Å². The van der Waals surface area contributed by atoms with E-state index in [0.29, 0.717) is 18.8 Å². The van der Waals surface area contributed by atoms with Crippen molar-refractivity contribution in [2.75, 3.05) is 11.9 Å². The molecule has 0 bridgehead atoms. The van der Waals surface area contributed by atoms with Crippen molar-refractivity contribution < 1.29 is 18.8 Å². The maximum atomic E-state index is 12.2. The number of ether oxygens (including phenoxy) is 1. The van der Waals surface area contributed by atoms with Gasteiger partial charge in [0.1, 0.15) is 5.75 Å². The molecule has 0 saturated heterocycles. The van der Waals surface area contributed by atoms with Gasteiger partial charge < -0.3 is 20.2 Å². The first-order valence-corrected chi connectivity index (χ1v) is 10.9. The lowest BCUT2D eigenvalue weighted by Crippen LogP contribution is -2.43. The topological polar surface area (TPSA) is 90.7 Å². The summed E-state index contributed by atoms with van der Waals surface area (Å²) in [5, 5.41) is 2.81. The van der Waals surface area contributed by atoms with Crippen molar-refractivity contribution in [2.24, 2.45) is 5.73 Å². The number of anilines is 1. The van der Waals surface area contributed by atoms with Crippen molar-refractivity contribution in [3.05, 3.63) is 23.8 Å². The second kappa shape index (κ2) is 6.56. The van der Waals surface area contributed by atoms with Crippen LogP contribution in [0.15, 0.2) is 12.1 Å². The Hall–Kier alpha value is -1.86. The van der Waals surface area contributed by atoms with Crippen LogP contribution in [0.1, 0.15) is 37.6 Å². The van der Waals surface area contributed by atoms with Crippen LogP contribution in [0.4, 0.5) is 5.69 Å². The van der Waals surface area contributed by atoms with Crippen LogP contribution in [0.3, 0.4) is 0 Å². The van der Waals surface area contributed by atoms with Gasteiger partial charge in [-0.25, -0.2) is 0 Å². The van der Waals surface area contributed by atoms with E-state index in [9.17, 15) is 9.59 Å². The van der Waals surface area contributed by atoms with Crippen LogP contribution < -0.4 is 15.8 Å². The average Bonchev–Trinajstić information content (AvgIpc) is 2.45. The summed E-state index contributed by atoms with van der Waals surface area (Å²) in [6, 6.07) is 5.93. The smallest absolute Gasteiger partial charge is 0.265 e. The number of carbonyl (C=O) groups excluding carboxylic acids is 2. The van der Waals surface area contributed by atoms with Crippen LogP contribution in [-0.4, -0.2) is 32.8 Å². The summed E-state index contributed by atoms with van der Waals surface area (Å²) in [5.41, 5.74) is 5.70. The minimum absolute atomic E-state index is 0.113. The lowest BCUT2D eigenvalue weighted by Gasteiger charge is -2.36. The molecule has 6 nitrogen and oxygen atoms in total. The van der Waals surface area contributed by atoms with Crippen molar-refractivity contribution in [1.82, 2.24) is 0 Å². The molecule has 0 saturated carbocycles. The number of primary amides is 1. The maximum Gasteiger partial charge on any atom is 0.265 e. The van der Waals surface area contributed by atoms with Crippen molar-refractivity contribution >= 4 is 25.8 Å².